The summed E-state index contributed by atoms with van der Waals surface area (Å²) in [4.78, 5) is 12.3. The second kappa shape index (κ2) is 12.3. The van der Waals surface area contributed by atoms with Crippen molar-refractivity contribution in [1.82, 2.24) is 14.8 Å². The van der Waals surface area contributed by atoms with E-state index in [1.54, 1.807) is 42.1 Å². The summed E-state index contributed by atoms with van der Waals surface area (Å²) in [5.74, 6) is 2.28. The third-order valence-electron chi connectivity index (χ3n) is 4.12. The van der Waals surface area contributed by atoms with Crippen LogP contribution in [0.15, 0.2) is 58.7 Å². The molecule has 5 nitrogen and oxygen atoms in total. The highest BCUT2D eigenvalue weighted by Gasteiger charge is 2.14. The van der Waals surface area contributed by atoms with E-state index in [0.717, 1.165) is 21.6 Å². The molecule has 0 bridgehead atoms. The standard InChI is InChI=1S/C21H18BrCl3N4OS2/c1-2-7-29-19(11-31-10-13-3-6-16(23)18(25)8-13)27-28-21(29)32-12-20(30)26-14-4-5-15(22)17(24)9-14/h2-6,8-9H,1,7,10-12H2,(H,26,30). The molecule has 1 amide bonds. The summed E-state index contributed by atoms with van der Waals surface area (Å²) in [5.41, 5.74) is 1.72. The van der Waals surface area contributed by atoms with Crippen molar-refractivity contribution in [3.63, 3.8) is 0 Å². The van der Waals surface area contributed by atoms with Crippen LogP contribution in [0, 0.1) is 0 Å². The number of carbonyl (C=O) groups is 1. The molecule has 3 rings (SSSR count). The number of thioether (sulfide) groups is 2. The van der Waals surface area contributed by atoms with Gasteiger partial charge in [0.25, 0.3) is 0 Å². The van der Waals surface area contributed by atoms with Gasteiger partial charge >= 0.3 is 0 Å². The lowest BCUT2D eigenvalue weighted by Crippen LogP contribution is -2.14. The van der Waals surface area contributed by atoms with Crippen LogP contribution >= 0.6 is 74.3 Å². The maximum atomic E-state index is 12.3. The van der Waals surface area contributed by atoms with E-state index >= 15 is 0 Å². The Morgan fingerprint density at radius 3 is 2.62 bits per heavy atom. The highest BCUT2D eigenvalue weighted by molar-refractivity contribution is 9.10. The molecule has 168 valence electrons. The van der Waals surface area contributed by atoms with E-state index in [4.69, 9.17) is 34.8 Å². The van der Waals surface area contributed by atoms with Crippen molar-refractivity contribution in [2.45, 2.75) is 23.2 Å². The highest BCUT2D eigenvalue weighted by Crippen LogP contribution is 2.27. The fourth-order valence-electron chi connectivity index (χ4n) is 2.64. The minimum Gasteiger partial charge on any atom is -0.325 e. The van der Waals surface area contributed by atoms with Crippen LogP contribution in [0.4, 0.5) is 5.69 Å². The van der Waals surface area contributed by atoms with Gasteiger partial charge in [-0.25, -0.2) is 0 Å². The molecular formula is C21H18BrCl3N4OS2. The minimum absolute atomic E-state index is 0.155. The molecular weight excluding hydrogens is 575 g/mol. The predicted molar refractivity (Wildman–Crippen MR) is 140 cm³/mol. The smallest absolute Gasteiger partial charge is 0.234 e. The van der Waals surface area contributed by atoms with Crippen LogP contribution in [-0.4, -0.2) is 26.4 Å². The first-order valence-corrected chi connectivity index (χ1v) is 13.4. The molecule has 1 aromatic heterocycles. The van der Waals surface area contributed by atoms with Crippen molar-refractivity contribution < 1.29 is 4.79 Å². The summed E-state index contributed by atoms with van der Waals surface area (Å²) in [6.45, 7) is 4.37. The third-order valence-corrected chi connectivity index (χ3v) is 8.06. The Morgan fingerprint density at radius 1 is 1.09 bits per heavy atom. The van der Waals surface area contributed by atoms with Gasteiger partial charge in [0, 0.05) is 22.5 Å². The number of nitrogens with zero attached hydrogens (tertiary/aromatic N) is 3. The fourth-order valence-corrected chi connectivity index (χ4v) is 5.06. The fraction of sp³-hybridized carbons (Fsp3) is 0.190. The van der Waals surface area contributed by atoms with E-state index in [9.17, 15) is 4.79 Å². The van der Waals surface area contributed by atoms with Crippen molar-refractivity contribution >= 4 is 85.9 Å². The zero-order valence-electron chi connectivity index (χ0n) is 16.7. The van der Waals surface area contributed by atoms with E-state index in [1.165, 1.54) is 11.8 Å². The Bertz CT molecular complexity index is 1130. The molecule has 11 heteroatoms. The molecule has 32 heavy (non-hydrogen) atoms. The Hall–Kier alpha value is -1.16. The van der Waals surface area contributed by atoms with E-state index in [0.29, 0.717) is 38.2 Å². The van der Waals surface area contributed by atoms with Gasteiger partial charge in [0.15, 0.2) is 5.16 Å². The lowest BCUT2D eigenvalue weighted by atomic mass is 10.2. The summed E-state index contributed by atoms with van der Waals surface area (Å²) in [7, 11) is 0. The molecule has 3 aromatic rings. The SMILES string of the molecule is C=CCn1c(CSCc2ccc(Cl)c(Cl)c2)nnc1SCC(=O)Nc1ccc(Br)c(Cl)c1. The van der Waals surface area contributed by atoms with Crippen molar-refractivity contribution in [3.05, 3.63) is 80.0 Å². The molecule has 0 aliphatic carbocycles. The number of allylic oxidation sites excluding steroid dienone is 1. The molecule has 1 N–H and O–H groups in total. The van der Waals surface area contributed by atoms with Crippen LogP contribution < -0.4 is 5.32 Å². The topological polar surface area (TPSA) is 59.8 Å². The van der Waals surface area contributed by atoms with Gasteiger partial charge in [0.05, 0.1) is 26.6 Å². The number of hydrogen-bond acceptors (Lipinski definition) is 5. The average molecular weight is 593 g/mol. The molecule has 0 unspecified atom stereocenters. The number of carbonyl (C=O) groups excluding carboxylic acids is 1. The minimum atomic E-state index is -0.155. The molecule has 0 radical (unpaired) electrons. The maximum Gasteiger partial charge on any atom is 0.234 e. The van der Waals surface area contributed by atoms with Gasteiger partial charge in [-0.05, 0) is 51.8 Å². The number of nitrogens with one attached hydrogen (secondary N) is 1. The average Bonchev–Trinajstić information content (AvgIpc) is 3.14. The van der Waals surface area contributed by atoms with Crippen LogP contribution in [0.5, 0.6) is 0 Å². The van der Waals surface area contributed by atoms with Gasteiger partial charge in [-0.2, -0.15) is 0 Å². The van der Waals surface area contributed by atoms with Crippen molar-refractivity contribution in [2.75, 3.05) is 11.1 Å². The lowest BCUT2D eigenvalue weighted by Gasteiger charge is -2.09. The Kier molecular flexibility index (Phi) is 9.82. The molecule has 1 heterocycles. The zero-order chi connectivity index (χ0) is 23.1. The molecule has 0 atom stereocenters. The van der Waals surface area contributed by atoms with E-state index in [1.807, 2.05) is 16.7 Å². The molecule has 0 spiro atoms. The Balaban J connectivity index is 1.57. The van der Waals surface area contributed by atoms with E-state index < -0.39 is 0 Å². The van der Waals surface area contributed by atoms with Gasteiger partial charge in [0.2, 0.25) is 5.91 Å². The van der Waals surface area contributed by atoms with Crippen LogP contribution in [0.2, 0.25) is 15.1 Å². The summed E-state index contributed by atoms with van der Waals surface area (Å²) >= 11 is 24.5. The Morgan fingerprint density at radius 2 is 1.91 bits per heavy atom. The number of rotatable bonds is 10. The lowest BCUT2D eigenvalue weighted by molar-refractivity contribution is -0.113. The summed E-state index contributed by atoms with van der Waals surface area (Å²) in [6.07, 6.45) is 1.78. The van der Waals surface area contributed by atoms with Crippen molar-refractivity contribution in [3.8, 4) is 0 Å². The number of hydrogen-bond donors (Lipinski definition) is 1. The summed E-state index contributed by atoms with van der Waals surface area (Å²) < 4.78 is 2.73. The quantitative estimate of drug-likeness (QED) is 0.197. The largest absolute Gasteiger partial charge is 0.325 e. The Labute approximate surface area is 218 Å². The molecule has 0 saturated carbocycles. The second-order valence-electron chi connectivity index (χ2n) is 6.51. The molecule has 0 fully saturated rings. The van der Waals surface area contributed by atoms with Gasteiger partial charge in [-0.15, -0.1) is 28.5 Å². The van der Waals surface area contributed by atoms with Crippen LogP contribution in [0.1, 0.15) is 11.4 Å². The maximum absolute atomic E-state index is 12.3. The number of halogens is 4. The number of aromatic nitrogens is 3. The molecule has 0 aliphatic rings. The number of benzene rings is 2. The van der Waals surface area contributed by atoms with Gasteiger partial charge in [0.1, 0.15) is 5.82 Å². The monoisotopic (exact) mass is 590 g/mol. The second-order valence-corrected chi connectivity index (χ2v) is 10.5. The first-order valence-electron chi connectivity index (χ1n) is 9.29. The molecule has 0 aliphatic heterocycles. The van der Waals surface area contributed by atoms with Gasteiger partial charge in [-0.1, -0.05) is 58.7 Å². The first-order chi connectivity index (χ1) is 15.4. The number of amides is 1. The molecule has 0 saturated heterocycles. The van der Waals surface area contributed by atoms with Gasteiger partial charge in [-0.3, -0.25) is 4.79 Å². The van der Waals surface area contributed by atoms with E-state index in [2.05, 4.69) is 38.0 Å². The zero-order valence-corrected chi connectivity index (χ0v) is 22.1. The normalized spacial score (nSPS) is 10.9. The van der Waals surface area contributed by atoms with Crippen LogP contribution in [0.3, 0.4) is 0 Å². The summed E-state index contributed by atoms with van der Waals surface area (Å²) in [5, 5.41) is 13.7. The summed E-state index contributed by atoms with van der Waals surface area (Å²) in [6, 6.07) is 10.9. The van der Waals surface area contributed by atoms with Crippen LogP contribution in [-0.2, 0) is 22.8 Å². The number of anilines is 1. The highest BCUT2D eigenvalue weighted by atomic mass is 79.9. The van der Waals surface area contributed by atoms with Crippen LogP contribution in [0.25, 0.3) is 0 Å². The van der Waals surface area contributed by atoms with Crippen molar-refractivity contribution in [1.29, 1.82) is 0 Å². The van der Waals surface area contributed by atoms with E-state index in [-0.39, 0.29) is 11.7 Å². The predicted octanol–water partition coefficient (Wildman–Crippen LogP) is 7.35. The first kappa shape index (κ1) is 25.5. The molecule has 2 aromatic carbocycles. The third kappa shape index (κ3) is 7.17. The van der Waals surface area contributed by atoms with Gasteiger partial charge < -0.3 is 9.88 Å². The van der Waals surface area contributed by atoms with Crippen molar-refractivity contribution in [2.24, 2.45) is 0 Å².